The van der Waals surface area contributed by atoms with Gasteiger partial charge in [-0.25, -0.2) is 4.79 Å². The summed E-state index contributed by atoms with van der Waals surface area (Å²) in [4.78, 5) is 24.9. The molecule has 0 aliphatic heterocycles. The Morgan fingerprint density at radius 2 is 1.50 bits per heavy atom. The van der Waals surface area contributed by atoms with Gasteiger partial charge in [-0.2, -0.15) is 0 Å². The first-order valence-corrected chi connectivity index (χ1v) is 10.5. The first-order chi connectivity index (χ1) is 14.4. The van der Waals surface area contributed by atoms with E-state index in [1.165, 1.54) is 0 Å². The second kappa shape index (κ2) is 9.84. The number of carbonyl (C=O) groups is 2. The molecule has 0 fully saturated rings. The van der Waals surface area contributed by atoms with Gasteiger partial charge in [0.2, 0.25) is 0 Å². The van der Waals surface area contributed by atoms with E-state index in [4.69, 9.17) is 51.1 Å². The van der Waals surface area contributed by atoms with E-state index in [0.717, 1.165) is 6.29 Å². The number of carbonyl (C=O) groups excluding carboxylic acids is 2. The third-order valence-corrected chi connectivity index (χ3v) is 6.15. The Morgan fingerprint density at radius 3 is 2.10 bits per heavy atom. The maximum atomic E-state index is 12.5. The summed E-state index contributed by atoms with van der Waals surface area (Å²) in [6.45, 7) is -0.0474. The number of ether oxygens (including phenoxy) is 1. The van der Waals surface area contributed by atoms with E-state index in [1.807, 2.05) is 0 Å². The molecule has 1 unspecified atom stereocenters. The maximum Gasteiger partial charge on any atom is 0.338 e. The third kappa shape index (κ3) is 4.65. The first-order valence-electron chi connectivity index (χ1n) is 8.97. The van der Waals surface area contributed by atoms with E-state index in [-0.39, 0.29) is 18.1 Å². The molecule has 0 bridgehead atoms. The van der Waals surface area contributed by atoms with E-state index in [9.17, 15) is 9.59 Å². The molecule has 1 atom stereocenters. The smallest absolute Gasteiger partial charge is 0.338 e. The van der Waals surface area contributed by atoms with Crippen molar-refractivity contribution in [2.45, 2.75) is 11.8 Å². The quantitative estimate of drug-likeness (QED) is 0.268. The Labute approximate surface area is 194 Å². The van der Waals surface area contributed by atoms with Gasteiger partial charge in [0.1, 0.15) is 6.29 Å². The van der Waals surface area contributed by atoms with E-state index in [1.54, 1.807) is 66.7 Å². The summed E-state index contributed by atoms with van der Waals surface area (Å²) in [5, 5.41) is 1.26. The highest BCUT2D eigenvalue weighted by molar-refractivity contribution is 6.42. The maximum absolute atomic E-state index is 12.5. The molecule has 0 aliphatic carbocycles. The zero-order valence-electron chi connectivity index (χ0n) is 15.6. The molecule has 3 nitrogen and oxygen atoms in total. The topological polar surface area (TPSA) is 43.4 Å². The van der Waals surface area contributed by atoms with Gasteiger partial charge >= 0.3 is 5.97 Å². The summed E-state index contributed by atoms with van der Waals surface area (Å²) >= 11 is 25.1. The van der Waals surface area contributed by atoms with Gasteiger partial charge in [-0.3, -0.25) is 0 Å². The Bertz CT molecular complexity index is 1050. The molecular formula is C23H16Cl4O3. The Hall–Kier alpha value is -2.04. The summed E-state index contributed by atoms with van der Waals surface area (Å²) in [6.07, 6.45) is 0.854. The van der Waals surface area contributed by atoms with Crippen LogP contribution in [0.25, 0.3) is 0 Å². The van der Waals surface area contributed by atoms with Gasteiger partial charge in [0.25, 0.3) is 0 Å². The Kier molecular flexibility index (Phi) is 7.43. The van der Waals surface area contributed by atoms with Crippen LogP contribution in [0.3, 0.4) is 0 Å². The van der Waals surface area contributed by atoms with Crippen LogP contribution in [0.15, 0.2) is 66.7 Å². The Morgan fingerprint density at radius 1 is 0.833 bits per heavy atom. The lowest BCUT2D eigenvalue weighted by molar-refractivity contribution is -0.111. The van der Waals surface area contributed by atoms with Crippen LogP contribution in [0.2, 0.25) is 20.1 Å². The average Bonchev–Trinajstić information content (AvgIpc) is 2.75. The van der Waals surface area contributed by atoms with Gasteiger partial charge in [0.05, 0.1) is 27.6 Å². The van der Waals surface area contributed by atoms with Crippen LogP contribution in [0, 0.1) is 0 Å². The summed E-state index contributed by atoms with van der Waals surface area (Å²) < 4.78 is 5.42. The molecule has 0 heterocycles. The molecular weight excluding hydrogens is 466 g/mol. The van der Waals surface area contributed by atoms with Gasteiger partial charge < -0.3 is 9.53 Å². The third-order valence-electron chi connectivity index (χ3n) is 4.78. The molecule has 0 saturated carbocycles. The van der Waals surface area contributed by atoms with Crippen molar-refractivity contribution < 1.29 is 14.3 Å². The fourth-order valence-corrected chi connectivity index (χ4v) is 4.29. The van der Waals surface area contributed by atoms with Crippen molar-refractivity contribution in [3.63, 3.8) is 0 Å². The predicted molar refractivity (Wildman–Crippen MR) is 121 cm³/mol. The highest BCUT2D eigenvalue weighted by atomic mass is 35.5. The van der Waals surface area contributed by atoms with Crippen molar-refractivity contribution in [3.8, 4) is 0 Å². The standard InChI is InChI=1S/C23H16Cl4O3/c24-17-10-9-16(13-20(17)27)23(14-28,21-18(25)7-4-8-19(21)26)11-12-30-22(29)15-5-2-1-3-6-15/h1-10,13-14H,11-12H2. The van der Waals surface area contributed by atoms with Crippen molar-refractivity contribution in [2.75, 3.05) is 6.61 Å². The van der Waals surface area contributed by atoms with Crippen LogP contribution in [0.5, 0.6) is 0 Å². The number of esters is 1. The molecule has 30 heavy (non-hydrogen) atoms. The molecule has 0 amide bonds. The molecule has 3 aromatic carbocycles. The molecule has 0 spiro atoms. The molecule has 154 valence electrons. The van der Waals surface area contributed by atoms with Crippen molar-refractivity contribution in [3.05, 3.63) is 104 Å². The van der Waals surface area contributed by atoms with Gasteiger partial charge in [-0.1, -0.05) is 76.7 Å². The number of hydrogen-bond acceptors (Lipinski definition) is 3. The summed E-state index contributed by atoms with van der Waals surface area (Å²) in [5.74, 6) is -0.491. The number of benzene rings is 3. The molecule has 0 aliphatic rings. The number of hydrogen-bond donors (Lipinski definition) is 0. The minimum absolute atomic E-state index is 0.0474. The zero-order chi connectivity index (χ0) is 21.7. The average molecular weight is 482 g/mol. The second-order valence-corrected chi connectivity index (χ2v) is 8.20. The van der Waals surface area contributed by atoms with Crippen molar-refractivity contribution in [2.24, 2.45) is 0 Å². The fraction of sp³-hybridized carbons (Fsp3) is 0.130. The predicted octanol–water partition coefficient (Wildman–Crippen LogP) is 7.03. The van der Waals surface area contributed by atoms with Crippen LogP contribution >= 0.6 is 46.4 Å². The fourth-order valence-electron chi connectivity index (χ4n) is 3.26. The summed E-state index contributed by atoms with van der Waals surface area (Å²) in [5.41, 5.74) is 0.0790. The molecule has 3 aromatic rings. The number of halogens is 4. The lowest BCUT2D eigenvalue weighted by Gasteiger charge is -2.31. The van der Waals surface area contributed by atoms with Gasteiger partial charge in [0.15, 0.2) is 0 Å². The van der Waals surface area contributed by atoms with Crippen molar-refractivity contribution >= 4 is 58.7 Å². The Balaban J connectivity index is 2.00. The van der Waals surface area contributed by atoms with Crippen LogP contribution in [-0.4, -0.2) is 18.9 Å². The largest absolute Gasteiger partial charge is 0.462 e. The van der Waals surface area contributed by atoms with Gasteiger partial charge in [-0.15, -0.1) is 0 Å². The van der Waals surface area contributed by atoms with Crippen molar-refractivity contribution in [1.82, 2.24) is 0 Å². The zero-order valence-corrected chi connectivity index (χ0v) is 18.6. The molecule has 3 rings (SSSR count). The van der Waals surface area contributed by atoms with Crippen LogP contribution in [-0.2, 0) is 14.9 Å². The van der Waals surface area contributed by atoms with Crippen LogP contribution in [0.1, 0.15) is 27.9 Å². The van der Waals surface area contributed by atoms with Crippen LogP contribution < -0.4 is 0 Å². The van der Waals surface area contributed by atoms with Crippen LogP contribution in [0.4, 0.5) is 0 Å². The van der Waals surface area contributed by atoms with Crippen molar-refractivity contribution in [1.29, 1.82) is 0 Å². The molecule has 0 N–H and O–H groups in total. The summed E-state index contributed by atoms with van der Waals surface area (Å²) in [7, 11) is 0. The van der Waals surface area contributed by atoms with E-state index in [0.29, 0.717) is 31.8 Å². The molecule has 0 aromatic heterocycles. The first kappa shape index (κ1) is 22.6. The highest BCUT2D eigenvalue weighted by Gasteiger charge is 2.38. The molecule has 7 heteroatoms. The minimum atomic E-state index is -1.29. The van der Waals surface area contributed by atoms with Gasteiger partial charge in [-0.05, 0) is 42.0 Å². The lowest BCUT2D eigenvalue weighted by Crippen LogP contribution is -2.32. The lowest BCUT2D eigenvalue weighted by atomic mass is 9.73. The second-order valence-electron chi connectivity index (χ2n) is 6.57. The number of aldehydes is 1. The monoisotopic (exact) mass is 480 g/mol. The van der Waals surface area contributed by atoms with E-state index >= 15 is 0 Å². The normalized spacial score (nSPS) is 12.8. The minimum Gasteiger partial charge on any atom is -0.462 e. The highest BCUT2D eigenvalue weighted by Crippen LogP contribution is 2.43. The van der Waals surface area contributed by atoms with E-state index < -0.39 is 11.4 Å². The molecule has 0 saturated heterocycles. The molecule has 0 radical (unpaired) electrons. The number of rotatable bonds is 7. The SMILES string of the molecule is O=CC(CCOC(=O)c1ccccc1)(c1ccc(Cl)c(Cl)c1)c1c(Cl)cccc1Cl. The summed E-state index contributed by atoms with van der Waals surface area (Å²) in [6, 6.07) is 18.4. The van der Waals surface area contributed by atoms with E-state index in [2.05, 4.69) is 0 Å². The van der Waals surface area contributed by atoms with Gasteiger partial charge in [0, 0.05) is 22.0 Å².